The Hall–Kier alpha value is -3.31. The third-order valence-electron chi connectivity index (χ3n) is 4.75. The zero-order valence-corrected chi connectivity index (χ0v) is 16.4. The molecule has 146 valence electrons. The zero-order chi connectivity index (χ0) is 20.2. The number of aromatic nitrogens is 2. The van der Waals surface area contributed by atoms with Gasteiger partial charge in [0.2, 0.25) is 0 Å². The summed E-state index contributed by atoms with van der Waals surface area (Å²) in [5, 5.41) is 18.4. The van der Waals surface area contributed by atoms with Crippen molar-refractivity contribution in [1.29, 1.82) is 0 Å². The largest absolute Gasteiger partial charge is 0.508 e. The van der Waals surface area contributed by atoms with Crippen molar-refractivity contribution < 1.29 is 9.90 Å². The van der Waals surface area contributed by atoms with E-state index in [0.717, 1.165) is 22.0 Å². The lowest BCUT2D eigenvalue weighted by Gasteiger charge is -2.05. The van der Waals surface area contributed by atoms with Crippen molar-refractivity contribution in [2.24, 2.45) is 0 Å². The van der Waals surface area contributed by atoms with Crippen molar-refractivity contribution in [2.45, 2.75) is 13.0 Å². The van der Waals surface area contributed by atoms with Gasteiger partial charge in [-0.3, -0.25) is 9.48 Å². The van der Waals surface area contributed by atoms with Crippen LogP contribution in [0.5, 0.6) is 5.75 Å². The van der Waals surface area contributed by atoms with Gasteiger partial charge in [0.25, 0.3) is 5.91 Å². The van der Waals surface area contributed by atoms with Crippen LogP contribution in [0.2, 0.25) is 5.02 Å². The summed E-state index contributed by atoms with van der Waals surface area (Å²) in [6.45, 7) is 1.04. The molecule has 1 heterocycles. The zero-order valence-electron chi connectivity index (χ0n) is 15.7. The standard InChI is InChI=1S/C23H20ClN3O2/c24-18-9-5-17(6-10-18)15-27-21-4-2-1-3-20(21)22(26-27)23(29)25-14-13-16-7-11-19(28)12-8-16/h1-12,28H,13-15H2,(H,25,29). The van der Waals surface area contributed by atoms with Crippen LogP contribution >= 0.6 is 11.6 Å². The maximum Gasteiger partial charge on any atom is 0.272 e. The lowest BCUT2D eigenvalue weighted by Crippen LogP contribution is -2.26. The van der Waals surface area contributed by atoms with Gasteiger partial charge >= 0.3 is 0 Å². The molecule has 0 aliphatic carbocycles. The monoisotopic (exact) mass is 405 g/mol. The van der Waals surface area contributed by atoms with Gasteiger partial charge in [-0.15, -0.1) is 0 Å². The van der Waals surface area contributed by atoms with Crippen LogP contribution in [0, 0.1) is 0 Å². The first-order valence-corrected chi connectivity index (χ1v) is 9.74. The number of nitrogens with zero attached hydrogens (tertiary/aromatic N) is 2. The molecule has 0 aliphatic rings. The van der Waals surface area contributed by atoms with Gasteiger partial charge in [0, 0.05) is 17.0 Å². The van der Waals surface area contributed by atoms with Crippen LogP contribution < -0.4 is 5.32 Å². The third-order valence-corrected chi connectivity index (χ3v) is 5.01. The molecule has 3 aromatic carbocycles. The Kier molecular flexibility index (Phi) is 5.49. The molecule has 0 atom stereocenters. The number of amides is 1. The minimum absolute atomic E-state index is 0.199. The van der Waals surface area contributed by atoms with E-state index in [1.807, 2.05) is 65.3 Å². The Bertz CT molecular complexity index is 1140. The highest BCUT2D eigenvalue weighted by atomic mass is 35.5. The number of phenolic OH excluding ortho intramolecular Hbond substituents is 1. The first-order chi connectivity index (χ1) is 14.1. The van der Waals surface area contributed by atoms with E-state index in [1.165, 1.54) is 0 Å². The summed E-state index contributed by atoms with van der Waals surface area (Å²) in [4.78, 5) is 12.8. The van der Waals surface area contributed by atoms with Gasteiger partial charge in [0.15, 0.2) is 5.69 Å². The molecule has 0 aliphatic heterocycles. The van der Waals surface area contributed by atoms with E-state index < -0.39 is 0 Å². The van der Waals surface area contributed by atoms with E-state index in [9.17, 15) is 9.90 Å². The van der Waals surface area contributed by atoms with Crippen molar-refractivity contribution in [1.82, 2.24) is 15.1 Å². The van der Waals surface area contributed by atoms with Gasteiger partial charge in [0.05, 0.1) is 12.1 Å². The molecular formula is C23H20ClN3O2. The molecule has 0 spiro atoms. The lowest BCUT2D eigenvalue weighted by molar-refractivity contribution is 0.0950. The summed E-state index contributed by atoms with van der Waals surface area (Å²) >= 11 is 5.97. The van der Waals surface area contributed by atoms with Gasteiger partial charge in [-0.25, -0.2) is 0 Å². The number of halogens is 1. The number of fused-ring (bicyclic) bond motifs is 1. The highest BCUT2D eigenvalue weighted by Crippen LogP contribution is 2.20. The molecule has 29 heavy (non-hydrogen) atoms. The maximum atomic E-state index is 12.8. The summed E-state index contributed by atoms with van der Waals surface area (Å²) in [7, 11) is 0. The van der Waals surface area contributed by atoms with Crippen molar-refractivity contribution in [3.63, 3.8) is 0 Å². The molecule has 1 aromatic heterocycles. The molecule has 0 fully saturated rings. The second-order valence-corrected chi connectivity index (χ2v) is 7.26. The Balaban J connectivity index is 1.51. The topological polar surface area (TPSA) is 67.2 Å². The van der Waals surface area contributed by atoms with E-state index in [-0.39, 0.29) is 11.7 Å². The van der Waals surface area contributed by atoms with Gasteiger partial charge in [-0.1, -0.05) is 54.1 Å². The van der Waals surface area contributed by atoms with Crippen LogP contribution in [0.1, 0.15) is 21.6 Å². The molecule has 0 bridgehead atoms. The molecule has 0 saturated heterocycles. The van der Waals surface area contributed by atoms with Crippen LogP contribution in [0.15, 0.2) is 72.8 Å². The summed E-state index contributed by atoms with van der Waals surface area (Å²) in [6.07, 6.45) is 0.676. The smallest absolute Gasteiger partial charge is 0.272 e. The number of para-hydroxylation sites is 1. The van der Waals surface area contributed by atoms with Crippen molar-refractivity contribution >= 4 is 28.4 Å². The average Bonchev–Trinajstić information content (AvgIpc) is 3.10. The van der Waals surface area contributed by atoms with E-state index in [1.54, 1.807) is 12.1 Å². The molecule has 6 heteroatoms. The first kappa shape index (κ1) is 19.0. The van der Waals surface area contributed by atoms with E-state index in [2.05, 4.69) is 10.4 Å². The van der Waals surface area contributed by atoms with Crippen LogP contribution in [0.3, 0.4) is 0 Å². The Morgan fingerprint density at radius 2 is 1.66 bits per heavy atom. The number of phenols is 1. The summed E-state index contributed by atoms with van der Waals surface area (Å²) in [5.74, 6) is 0.0327. The first-order valence-electron chi connectivity index (χ1n) is 9.36. The molecule has 4 rings (SSSR count). The number of benzene rings is 3. The number of carbonyl (C=O) groups is 1. The Labute approximate surface area is 173 Å². The van der Waals surface area contributed by atoms with Crippen LogP contribution in [0.25, 0.3) is 10.9 Å². The molecule has 0 saturated carbocycles. The van der Waals surface area contributed by atoms with E-state index >= 15 is 0 Å². The summed E-state index contributed by atoms with van der Waals surface area (Å²) < 4.78 is 1.84. The van der Waals surface area contributed by atoms with Crippen LogP contribution in [-0.2, 0) is 13.0 Å². The predicted molar refractivity (Wildman–Crippen MR) is 114 cm³/mol. The van der Waals surface area contributed by atoms with Gasteiger partial charge < -0.3 is 10.4 Å². The SMILES string of the molecule is O=C(NCCc1ccc(O)cc1)c1nn(Cc2ccc(Cl)cc2)c2ccccc12. The lowest BCUT2D eigenvalue weighted by atomic mass is 10.1. The normalized spacial score (nSPS) is 10.9. The van der Waals surface area contributed by atoms with Crippen molar-refractivity contribution in [3.8, 4) is 5.75 Å². The maximum absolute atomic E-state index is 12.8. The molecular weight excluding hydrogens is 386 g/mol. The second-order valence-electron chi connectivity index (χ2n) is 6.82. The van der Waals surface area contributed by atoms with Gasteiger partial charge in [-0.05, 0) is 47.9 Å². The molecule has 5 nitrogen and oxygen atoms in total. The molecule has 0 unspecified atom stereocenters. The van der Waals surface area contributed by atoms with Crippen molar-refractivity contribution in [3.05, 3.63) is 94.6 Å². The number of nitrogens with one attached hydrogen (secondary N) is 1. The number of aromatic hydroxyl groups is 1. The fraction of sp³-hybridized carbons (Fsp3) is 0.130. The fourth-order valence-corrected chi connectivity index (χ4v) is 3.37. The quantitative estimate of drug-likeness (QED) is 0.499. The van der Waals surface area contributed by atoms with Crippen molar-refractivity contribution in [2.75, 3.05) is 6.54 Å². The van der Waals surface area contributed by atoms with E-state index in [0.29, 0.717) is 30.2 Å². The van der Waals surface area contributed by atoms with Crippen LogP contribution in [0.4, 0.5) is 0 Å². The molecule has 2 N–H and O–H groups in total. The number of carbonyl (C=O) groups excluding carboxylic acids is 1. The summed E-state index contributed by atoms with van der Waals surface area (Å²) in [5.41, 5.74) is 3.43. The number of hydrogen-bond acceptors (Lipinski definition) is 3. The molecule has 0 radical (unpaired) electrons. The summed E-state index contributed by atoms with van der Waals surface area (Å²) in [6, 6.07) is 22.3. The minimum atomic E-state index is -0.199. The van der Waals surface area contributed by atoms with Crippen LogP contribution in [-0.4, -0.2) is 27.3 Å². The molecule has 4 aromatic rings. The highest BCUT2D eigenvalue weighted by molar-refractivity contribution is 6.30. The van der Waals surface area contributed by atoms with Gasteiger partial charge in [-0.2, -0.15) is 5.10 Å². The number of hydrogen-bond donors (Lipinski definition) is 2. The number of rotatable bonds is 6. The fourth-order valence-electron chi connectivity index (χ4n) is 3.25. The third kappa shape index (κ3) is 4.41. The average molecular weight is 406 g/mol. The minimum Gasteiger partial charge on any atom is -0.508 e. The van der Waals surface area contributed by atoms with E-state index in [4.69, 9.17) is 11.6 Å². The van der Waals surface area contributed by atoms with Gasteiger partial charge in [0.1, 0.15) is 5.75 Å². The Morgan fingerprint density at radius 3 is 2.41 bits per heavy atom. The Morgan fingerprint density at radius 1 is 0.966 bits per heavy atom. The molecule has 1 amide bonds. The highest BCUT2D eigenvalue weighted by Gasteiger charge is 2.16. The second kappa shape index (κ2) is 8.37. The predicted octanol–water partition coefficient (Wildman–Crippen LogP) is 4.42.